The molecule has 0 amide bonds. The predicted octanol–water partition coefficient (Wildman–Crippen LogP) is 5.68. The fraction of sp³-hybridized carbons (Fsp3) is 0.409. The molecule has 31 heavy (non-hydrogen) atoms. The highest BCUT2D eigenvalue weighted by atomic mass is 32.2. The zero-order chi connectivity index (χ0) is 22.0. The Bertz CT molecular complexity index is 1050. The first-order chi connectivity index (χ1) is 14.9. The molecular formula is C22H22N2O5S2. The van der Waals surface area contributed by atoms with Crippen LogP contribution in [-0.4, -0.2) is 27.1 Å². The van der Waals surface area contributed by atoms with Gasteiger partial charge in [0.05, 0.1) is 13.9 Å². The first-order valence-corrected chi connectivity index (χ1v) is 12.2. The van der Waals surface area contributed by atoms with E-state index in [1.165, 1.54) is 29.7 Å². The summed E-state index contributed by atoms with van der Waals surface area (Å²) in [4.78, 5) is 32.1. The van der Waals surface area contributed by atoms with Gasteiger partial charge in [-0.3, -0.25) is 25.0 Å². The van der Waals surface area contributed by atoms with E-state index < -0.39 is 4.92 Å². The Morgan fingerprint density at radius 1 is 0.806 bits per heavy atom. The average molecular weight is 459 g/mol. The first kappa shape index (κ1) is 21.8. The van der Waals surface area contributed by atoms with Gasteiger partial charge in [-0.2, -0.15) is 0 Å². The van der Waals surface area contributed by atoms with Crippen LogP contribution in [0.2, 0.25) is 0 Å². The molecule has 0 atom stereocenters. The number of carbonyl (C=O) groups is 1. The van der Waals surface area contributed by atoms with Gasteiger partial charge in [-0.25, -0.2) is 0 Å². The number of nitro groups is 2. The van der Waals surface area contributed by atoms with Gasteiger partial charge < -0.3 is 0 Å². The summed E-state index contributed by atoms with van der Waals surface area (Å²) in [6.07, 6.45) is 5.62. The van der Waals surface area contributed by atoms with Gasteiger partial charge in [0, 0.05) is 47.8 Å². The quantitative estimate of drug-likeness (QED) is 0.421. The first-order valence-electron chi connectivity index (χ1n) is 10.3. The summed E-state index contributed by atoms with van der Waals surface area (Å²) in [6, 6.07) is 9.93. The number of non-ortho nitro benzene ring substituents is 2. The lowest BCUT2D eigenvalue weighted by atomic mass is 9.90. The normalized spacial score (nSPS) is 18.5. The number of hydrogen-bond donors (Lipinski definition) is 0. The Labute approximate surface area is 188 Å². The van der Waals surface area contributed by atoms with Crippen molar-refractivity contribution >= 4 is 40.7 Å². The second kappa shape index (κ2) is 9.00. The predicted molar refractivity (Wildman–Crippen MR) is 123 cm³/mol. The average Bonchev–Trinajstić information content (AvgIpc) is 3.23. The lowest BCUT2D eigenvalue weighted by Gasteiger charge is -2.33. The van der Waals surface area contributed by atoms with Gasteiger partial charge in [0.15, 0.2) is 5.78 Å². The molecule has 1 fully saturated rings. The van der Waals surface area contributed by atoms with Gasteiger partial charge >= 0.3 is 0 Å². The van der Waals surface area contributed by atoms with Crippen LogP contribution in [-0.2, 0) is 16.9 Å². The highest BCUT2D eigenvalue weighted by Crippen LogP contribution is 2.58. The van der Waals surface area contributed by atoms with Gasteiger partial charge in [0.2, 0.25) is 0 Å². The Morgan fingerprint density at radius 2 is 1.42 bits per heavy atom. The molecule has 0 aromatic heterocycles. The number of hydrogen-bond acceptors (Lipinski definition) is 7. The zero-order valence-corrected chi connectivity index (χ0v) is 18.5. The van der Waals surface area contributed by atoms with E-state index in [4.69, 9.17) is 0 Å². The van der Waals surface area contributed by atoms with Crippen LogP contribution in [0.3, 0.4) is 0 Å². The molecule has 3 aliphatic rings. The molecule has 0 radical (unpaired) electrons. The second-order valence-electron chi connectivity index (χ2n) is 7.78. The van der Waals surface area contributed by atoms with Crippen LogP contribution in [0.25, 0.3) is 0 Å². The Morgan fingerprint density at radius 3 is 2.10 bits per heavy atom. The van der Waals surface area contributed by atoms with E-state index in [-0.39, 0.29) is 26.2 Å². The fourth-order valence-electron chi connectivity index (χ4n) is 4.38. The molecule has 1 spiro atoms. The number of nitro benzene ring substituents is 2. The molecule has 0 N–H and O–H groups in total. The van der Waals surface area contributed by atoms with Crippen molar-refractivity contribution < 1.29 is 14.6 Å². The van der Waals surface area contributed by atoms with Crippen molar-refractivity contribution in [3.8, 4) is 0 Å². The number of thioether (sulfide) groups is 2. The van der Waals surface area contributed by atoms with E-state index in [9.17, 15) is 25.0 Å². The molecule has 0 saturated carbocycles. The van der Waals surface area contributed by atoms with Crippen LogP contribution in [0.1, 0.15) is 52.7 Å². The number of rotatable bonds is 2. The summed E-state index contributed by atoms with van der Waals surface area (Å²) >= 11 is 3.94. The third-order valence-electron chi connectivity index (χ3n) is 5.88. The number of benzene rings is 2. The maximum atomic E-state index is 11.4. The molecule has 162 valence electrons. The molecule has 2 aliphatic carbocycles. The van der Waals surface area contributed by atoms with E-state index >= 15 is 0 Å². The Kier molecular flexibility index (Phi) is 6.34. The smallest absolute Gasteiger partial charge is 0.270 e. The fourth-order valence-corrected chi connectivity index (χ4v) is 7.81. The minimum Gasteiger partial charge on any atom is -0.294 e. The van der Waals surface area contributed by atoms with E-state index in [2.05, 4.69) is 0 Å². The van der Waals surface area contributed by atoms with Crippen LogP contribution in [0.5, 0.6) is 0 Å². The molecule has 0 unspecified atom stereocenters. The summed E-state index contributed by atoms with van der Waals surface area (Å²) in [5.41, 5.74) is 4.23. The monoisotopic (exact) mass is 458 g/mol. The SMILES string of the molecule is O=C1CCCc2ccc([N+](=O)[O-])cc21.O=[N+]([O-])c1ccc2c(c1)C1(CCC2)SCCS1. The van der Waals surface area contributed by atoms with E-state index in [0.717, 1.165) is 42.8 Å². The summed E-state index contributed by atoms with van der Waals surface area (Å²) in [6.45, 7) is 0. The zero-order valence-electron chi connectivity index (χ0n) is 16.9. The number of aryl methyl sites for hydroxylation is 2. The van der Waals surface area contributed by atoms with Crippen molar-refractivity contribution in [1.29, 1.82) is 0 Å². The van der Waals surface area contributed by atoms with Crippen molar-refractivity contribution in [2.24, 2.45) is 0 Å². The molecule has 1 heterocycles. The van der Waals surface area contributed by atoms with E-state index in [1.54, 1.807) is 18.2 Å². The number of ketones is 1. The van der Waals surface area contributed by atoms with Crippen molar-refractivity contribution in [1.82, 2.24) is 0 Å². The van der Waals surface area contributed by atoms with Crippen LogP contribution >= 0.6 is 23.5 Å². The largest absolute Gasteiger partial charge is 0.294 e. The van der Waals surface area contributed by atoms with Crippen LogP contribution in [0.15, 0.2) is 36.4 Å². The Hall–Kier alpha value is -2.39. The van der Waals surface area contributed by atoms with Crippen molar-refractivity contribution in [2.45, 2.75) is 42.6 Å². The summed E-state index contributed by atoms with van der Waals surface area (Å²) in [5.74, 6) is 2.34. The van der Waals surface area contributed by atoms with Gasteiger partial charge in [-0.05, 0) is 48.8 Å². The third-order valence-corrected chi connectivity index (χ3v) is 9.44. The highest BCUT2D eigenvalue weighted by molar-refractivity contribution is 8.20. The number of carbonyl (C=O) groups excluding carboxylic acids is 1. The van der Waals surface area contributed by atoms with Gasteiger partial charge in [-0.1, -0.05) is 12.1 Å². The lowest BCUT2D eigenvalue weighted by molar-refractivity contribution is -0.385. The highest BCUT2D eigenvalue weighted by Gasteiger charge is 2.41. The van der Waals surface area contributed by atoms with E-state index in [1.807, 2.05) is 29.6 Å². The molecule has 1 saturated heterocycles. The molecular weight excluding hydrogens is 436 g/mol. The standard InChI is InChI=1S/C12H13NO2S2.C10H9NO3/c14-13(15)10-4-3-9-2-1-5-12(11(9)8-10)16-6-7-17-12;12-10-3-1-2-7-4-5-8(11(13)14)6-9(7)10/h3-4,8H,1-2,5-7H2;4-6H,1-3H2. The topological polar surface area (TPSA) is 103 Å². The molecule has 2 aromatic carbocycles. The van der Waals surface area contributed by atoms with Crippen LogP contribution < -0.4 is 0 Å². The molecule has 1 aliphatic heterocycles. The van der Waals surface area contributed by atoms with Gasteiger partial charge in [0.1, 0.15) is 0 Å². The molecule has 9 heteroatoms. The summed E-state index contributed by atoms with van der Waals surface area (Å²) in [5, 5.41) is 21.4. The summed E-state index contributed by atoms with van der Waals surface area (Å²) < 4.78 is 0.111. The summed E-state index contributed by atoms with van der Waals surface area (Å²) in [7, 11) is 0. The number of fused-ring (bicyclic) bond motifs is 3. The number of Topliss-reactive ketones (excluding diaryl/α,β-unsaturated/α-hetero) is 1. The minimum atomic E-state index is -0.470. The van der Waals surface area contributed by atoms with Crippen molar-refractivity contribution in [3.05, 3.63) is 78.9 Å². The molecule has 7 nitrogen and oxygen atoms in total. The number of nitrogens with zero attached hydrogens (tertiary/aromatic N) is 2. The van der Waals surface area contributed by atoms with Gasteiger partial charge in [0.25, 0.3) is 11.4 Å². The van der Waals surface area contributed by atoms with Crippen LogP contribution in [0, 0.1) is 20.2 Å². The molecule has 0 bridgehead atoms. The third kappa shape index (κ3) is 4.48. The maximum Gasteiger partial charge on any atom is 0.270 e. The van der Waals surface area contributed by atoms with Gasteiger partial charge in [-0.15, -0.1) is 23.5 Å². The minimum absolute atomic E-state index is 0.000926. The second-order valence-corrected chi connectivity index (χ2v) is 10.8. The van der Waals surface area contributed by atoms with Crippen molar-refractivity contribution in [2.75, 3.05) is 11.5 Å². The Balaban J connectivity index is 0.000000152. The van der Waals surface area contributed by atoms with Crippen LogP contribution in [0.4, 0.5) is 11.4 Å². The lowest BCUT2D eigenvalue weighted by Crippen LogP contribution is -2.21. The maximum absolute atomic E-state index is 11.4. The molecule has 2 aromatic rings. The van der Waals surface area contributed by atoms with Crippen molar-refractivity contribution in [3.63, 3.8) is 0 Å². The van der Waals surface area contributed by atoms with E-state index in [0.29, 0.717) is 12.0 Å². The molecule has 5 rings (SSSR count).